The molecule has 160 valence electrons. The van der Waals surface area contributed by atoms with Gasteiger partial charge >= 0.3 is 0 Å². The van der Waals surface area contributed by atoms with Crippen LogP contribution in [0.5, 0.6) is 0 Å². The van der Waals surface area contributed by atoms with E-state index in [0.29, 0.717) is 23.8 Å². The monoisotopic (exact) mass is 448 g/mol. The van der Waals surface area contributed by atoms with Gasteiger partial charge in [-0.2, -0.15) is 4.98 Å². The van der Waals surface area contributed by atoms with E-state index in [4.69, 9.17) is 4.52 Å². The van der Waals surface area contributed by atoms with Crippen molar-refractivity contribution >= 4 is 33.0 Å². The average molecular weight is 449 g/mol. The highest BCUT2D eigenvalue weighted by Crippen LogP contribution is 2.22. The Morgan fingerprint density at radius 1 is 1.23 bits per heavy atom. The van der Waals surface area contributed by atoms with Gasteiger partial charge in [-0.3, -0.25) is 9.10 Å². The maximum absolute atomic E-state index is 12.2. The highest BCUT2D eigenvalue weighted by atomic mass is 32.2. The summed E-state index contributed by atoms with van der Waals surface area (Å²) in [6, 6.07) is 9.31. The van der Waals surface area contributed by atoms with Crippen LogP contribution in [0.2, 0.25) is 0 Å². The molecule has 0 spiro atoms. The highest BCUT2D eigenvalue weighted by molar-refractivity contribution is 7.92. The van der Waals surface area contributed by atoms with E-state index in [1.54, 1.807) is 6.07 Å². The van der Waals surface area contributed by atoms with Crippen molar-refractivity contribution in [1.29, 1.82) is 0 Å². The number of nitrogens with one attached hydrogen (secondary N) is 1. The Labute approximate surface area is 180 Å². The molecular formula is C20H24N4O4S2. The lowest BCUT2D eigenvalue weighted by Crippen LogP contribution is -2.32. The summed E-state index contributed by atoms with van der Waals surface area (Å²) in [5.41, 5.74) is 2.71. The van der Waals surface area contributed by atoms with Crippen molar-refractivity contribution in [1.82, 2.24) is 15.5 Å². The zero-order valence-electron chi connectivity index (χ0n) is 17.1. The summed E-state index contributed by atoms with van der Waals surface area (Å²) in [5, 5.41) is 8.54. The van der Waals surface area contributed by atoms with Crippen molar-refractivity contribution in [2.24, 2.45) is 0 Å². The fourth-order valence-corrected chi connectivity index (χ4v) is 4.45. The molecule has 0 atom stereocenters. The highest BCUT2D eigenvalue weighted by Gasteiger charge is 2.18. The van der Waals surface area contributed by atoms with E-state index in [1.807, 2.05) is 43.5 Å². The Balaban J connectivity index is 1.51. The number of amides is 1. The smallest absolute Gasteiger partial charge is 0.246 e. The third-order valence-corrected chi connectivity index (χ3v) is 6.65. The number of aryl methyl sites for hydroxylation is 2. The van der Waals surface area contributed by atoms with Gasteiger partial charge in [-0.1, -0.05) is 17.3 Å². The minimum absolute atomic E-state index is 0.129. The Morgan fingerprint density at radius 3 is 2.70 bits per heavy atom. The molecule has 0 saturated carbocycles. The van der Waals surface area contributed by atoms with E-state index in [1.165, 1.54) is 21.9 Å². The molecule has 8 nitrogen and oxygen atoms in total. The van der Waals surface area contributed by atoms with Crippen molar-refractivity contribution in [3.63, 3.8) is 0 Å². The normalized spacial score (nSPS) is 11.4. The summed E-state index contributed by atoms with van der Waals surface area (Å²) in [6.07, 6.45) is 1.74. The number of aromatic nitrogens is 2. The zero-order valence-corrected chi connectivity index (χ0v) is 18.7. The second-order valence-electron chi connectivity index (χ2n) is 6.97. The van der Waals surface area contributed by atoms with Crippen LogP contribution in [0.4, 0.5) is 5.69 Å². The summed E-state index contributed by atoms with van der Waals surface area (Å²) in [6.45, 7) is 4.26. The molecule has 1 N–H and O–H groups in total. The first kappa shape index (κ1) is 22.0. The number of carbonyl (C=O) groups is 1. The fraction of sp³-hybridized carbons (Fsp3) is 0.350. The van der Waals surface area contributed by atoms with Gasteiger partial charge in [-0.15, -0.1) is 11.3 Å². The molecule has 10 heteroatoms. The van der Waals surface area contributed by atoms with Crippen LogP contribution >= 0.6 is 11.3 Å². The summed E-state index contributed by atoms with van der Waals surface area (Å²) in [4.78, 5) is 17.3. The summed E-state index contributed by atoms with van der Waals surface area (Å²) in [5.74, 6) is 0.602. The van der Waals surface area contributed by atoms with E-state index >= 15 is 0 Å². The van der Waals surface area contributed by atoms with E-state index in [0.717, 1.165) is 16.0 Å². The molecule has 0 aliphatic rings. The molecule has 1 amide bonds. The number of rotatable bonds is 9. The maximum Gasteiger partial charge on any atom is 0.246 e. The molecule has 30 heavy (non-hydrogen) atoms. The maximum atomic E-state index is 12.2. The minimum atomic E-state index is -3.45. The Hall–Kier alpha value is -2.72. The zero-order chi connectivity index (χ0) is 21.7. The molecule has 1 aromatic carbocycles. The molecule has 0 unspecified atom stereocenters. The van der Waals surface area contributed by atoms with Crippen LogP contribution in [0, 0.1) is 13.8 Å². The summed E-state index contributed by atoms with van der Waals surface area (Å²) in [7, 11) is -3.45. The van der Waals surface area contributed by atoms with Gasteiger partial charge < -0.3 is 9.84 Å². The Bertz CT molecular complexity index is 1110. The van der Waals surface area contributed by atoms with Crippen LogP contribution in [0.1, 0.15) is 29.9 Å². The van der Waals surface area contributed by atoms with Gasteiger partial charge in [0.15, 0.2) is 0 Å². The Morgan fingerprint density at radius 2 is 2.03 bits per heavy atom. The SMILES string of the molecule is Cc1ccc(N(CCCC(=O)NCc2nc(-c3cccs3)no2)S(C)(=O)=O)cc1C. The van der Waals surface area contributed by atoms with Crippen LogP contribution in [-0.2, 0) is 21.4 Å². The van der Waals surface area contributed by atoms with Crippen molar-refractivity contribution in [2.75, 3.05) is 17.1 Å². The van der Waals surface area contributed by atoms with Crippen molar-refractivity contribution in [3.8, 4) is 10.7 Å². The molecule has 0 bridgehead atoms. The summed E-state index contributed by atoms with van der Waals surface area (Å²) >= 11 is 1.50. The second kappa shape index (κ2) is 9.40. The second-order valence-corrected chi connectivity index (χ2v) is 9.83. The van der Waals surface area contributed by atoms with Gasteiger partial charge in [-0.25, -0.2) is 8.42 Å². The van der Waals surface area contributed by atoms with Crippen LogP contribution in [0.15, 0.2) is 40.2 Å². The topological polar surface area (TPSA) is 105 Å². The third kappa shape index (κ3) is 5.67. The minimum Gasteiger partial charge on any atom is -0.347 e. The molecule has 3 aromatic rings. The van der Waals surface area contributed by atoms with Gasteiger partial charge in [-0.05, 0) is 55.0 Å². The van der Waals surface area contributed by atoms with Crippen molar-refractivity contribution in [2.45, 2.75) is 33.2 Å². The van der Waals surface area contributed by atoms with Gasteiger partial charge in [0.1, 0.15) is 0 Å². The molecule has 2 aromatic heterocycles. The predicted molar refractivity (Wildman–Crippen MR) is 117 cm³/mol. The van der Waals surface area contributed by atoms with Crippen LogP contribution in [0.25, 0.3) is 10.7 Å². The molecule has 0 aliphatic carbocycles. The van der Waals surface area contributed by atoms with Crippen LogP contribution in [0.3, 0.4) is 0 Å². The summed E-state index contributed by atoms with van der Waals surface area (Å²) < 4.78 is 30.9. The standard InChI is InChI=1S/C20H24N4O4S2/c1-14-8-9-16(12-15(14)2)24(30(3,26)27)10-4-7-18(25)21-13-19-22-20(23-28-19)17-6-5-11-29-17/h5-6,8-9,11-12H,4,7,10,13H2,1-3H3,(H,21,25). The first-order chi connectivity index (χ1) is 14.2. The van der Waals surface area contributed by atoms with E-state index < -0.39 is 10.0 Å². The predicted octanol–water partition coefficient (Wildman–Crippen LogP) is 3.28. The van der Waals surface area contributed by atoms with Gasteiger partial charge in [0.2, 0.25) is 27.6 Å². The van der Waals surface area contributed by atoms with E-state index in [-0.39, 0.29) is 25.4 Å². The Kier molecular flexibility index (Phi) is 6.88. The van der Waals surface area contributed by atoms with Gasteiger partial charge in [0.25, 0.3) is 0 Å². The molecular weight excluding hydrogens is 424 g/mol. The molecule has 0 fully saturated rings. The number of hydrogen-bond donors (Lipinski definition) is 1. The molecule has 0 saturated heterocycles. The number of benzene rings is 1. The lowest BCUT2D eigenvalue weighted by atomic mass is 10.1. The van der Waals surface area contributed by atoms with Gasteiger partial charge in [0.05, 0.1) is 23.4 Å². The van der Waals surface area contributed by atoms with Crippen molar-refractivity contribution in [3.05, 3.63) is 52.7 Å². The van der Waals surface area contributed by atoms with E-state index in [2.05, 4.69) is 15.5 Å². The number of nitrogens with zero attached hydrogens (tertiary/aromatic N) is 3. The number of hydrogen-bond acceptors (Lipinski definition) is 7. The quantitative estimate of drug-likeness (QED) is 0.539. The number of anilines is 1. The van der Waals surface area contributed by atoms with Gasteiger partial charge in [0, 0.05) is 13.0 Å². The molecule has 0 radical (unpaired) electrons. The third-order valence-electron chi connectivity index (χ3n) is 4.59. The van der Waals surface area contributed by atoms with Crippen molar-refractivity contribution < 1.29 is 17.7 Å². The lowest BCUT2D eigenvalue weighted by Gasteiger charge is -2.23. The van der Waals surface area contributed by atoms with Crippen LogP contribution in [-0.4, -0.2) is 37.3 Å². The molecule has 2 heterocycles. The first-order valence-electron chi connectivity index (χ1n) is 9.42. The first-order valence-corrected chi connectivity index (χ1v) is 12.1. The largest absolute Gasteiger partial charge is 0.347 e. The lowest BCUT2D eigenvalue weighted by molar-refractivity contribution is -0.121. The molecule has 0 aliphatic heterocycles. The number of carbonyl (C=O) groups excluding carboxylic acids is 1. The fourth-order valence-electron chi connectivity index (χ4n) is 2.85. The number of thiophene rings is 1. The van der Waals surface area contributed by atoms with Crippen LogP contribution < -0.4 is 9.62 Å². The average Bonchev–Trinajstić information content (AvgIpc) is 3.36. The number of sulfonamides is 1. The van der Waals surface area contributed by atoms with E-state index in [9.17, 15) is 13.2 Å². The molecule has 3 rings (SSSR count).